The second-order valence-corrected chi connectivity index (χ2v) is 5.51. The van der Waals surface area contributed by atoms with E-state index in [0.29, 0.717) is 0 Å². The third kappa shape index (κ3) is 4.21. The van der Waals surface area contributed by atoms with Crippen LogP contribution in [0.4, 0.5) is 5.69 Å². The van der Waals surface area contributed by atoms with E-state index in [1.165, 1.54) is 6.42 Å². The SMILES string of the molecule is CC(C)CCN(C)c1ccc(C(C)N)c(Cl)c1. The monoisotopic (exact) mass is 254 g/mol. The predicted octanol–water partition coefficient (Wildman–Crippen LogP) is 3.84. The van der Waals surface area contributed by atoms with Crippen LogP contribution in [0.25, 0.3) is 0 Å². The largest absolute Gasteiger partial charge is 0.375 e. The summed E-state index contributed by atoms with van der Waals surface area (Å²) in [6.07, 6.45) is 1.18. The minimum Gasteiger partial charge on any atom is -0.375 e. The summed E-state index contributed by atoms with van der Waals surface area (Å²) in [5.74, 6) is 0.719. The summed E-state index contributed by atoms with van der Waals surface area (Å²) in [6, 6.07) is 6.09. The average molecular weight is 255 g/mol. The van der Waals surface area contributed by atoms with Crippen molar-refractivity contribution in [2.75, 3.05) is 18.5 Å². The van der Waals surface area contributed by atoms with Crippen LogP contribution >= 0.6 is 11.6 Å². The van der Waals surface area contributed by atoms with E-state index in [0.717, 1.165) is 28.7 Å². The molecular weight excluding hydrogens is 232 g/mol. The number of benzene rings is 1. The summed E-state index contributed by atoms with van der Waals surface area (Å²) < 4.78 is 0. The van der Waals surface area contributed by atoms with Gasteiger partial charge in [0.1, 0.15) is 0 Å². The fraction of sp³-hybridized carbons (Fsp3) is 0.571. The Hall–Kier alpha value is -0.730. The maximum atomic E-state index is 6.22. The molecule has 3 heteroatoms. The predicted molar refractivity (Wildman–Crippen MR) is 76.8 cm³/mol. The lowest BCUT2D eigenvalue weighted by molar-refractivity contribution is 0.585. The highest BCUT2D eigenvalue weighted by atomic mass is 35.5. The summed E-state index contributed by atoms with van der Waals surface area (Å²) in [6.45, 7) is 7.47. The van der Waals surface area contributed by atoms with Crippen LogP contribution in [0.15, 0.2) is 18.2 Å². The molecule has 0 fully saturated rings. The molecule has 0 saturated heterocycles. The Morgan fingerprint density at radius 2 is 1.94 bits per heavy atom. The van der Waals surface area contributed by atoms with Crippen LogP contribution < -0.4 is 10.6 Å². The Morgan fingerprint density at radius 1 is 1.29 bits per heavy atom. The average Bonchev–Trinajstić information content (AvgIpc) is 2.25. The highest BCUT2D eigenvalue weighted by Crippen LogP contribution is 2.26. The Balaban J connectivity index is 2.75. The number of hydrogen-bond donors (Lipinski definition) is 1. The number of nitrogens with two attached hydrogens (primary N) is 1. The molecule has 96 valence electrons. The molecule has 17 heavy (non-hydrogen) atoms. The van der Waals surface area contributed by atoms with Crippen molar-refractivity contribution < 1.29 is 0 Å². The molecule has 2 N–H and O–H groups in total. The Kier molecular flexibility index (Phi) is 5.29. The van der Waals surface area contributed by atoms with Crippen molar-refractivity contribution in [3.05, 3.63) is 28.8 Å². The summed E-state index contributed by atoms with van der Waals surface area (Å²) in [7, 11) is 2.10. The second-order valence-electron chi connectivity index (χ2n) is 5.10. The Labute approximate surface area is 110 Å². The molecule has 0 aliphatic heterocycles. The van der Waals surface area contributed by atoms with Gasteiger partial charge in [-0.05, 0) is 37.0 Å². The lowest BCUT2D eigenvalue weighted by Gasteiger charge is -2.21. The van der Waals surface area contributed by atoms with Crippen molar-refractivity contribution in [1.82, 2.24) is 0 Å². The highest BCUT2D eigenvalue weighted by Gasteiger charge is 2.08. The molecule has 0 saturated carbocycles. The van der Waals surface area contributed by atoms with Crippen molar-refractivity contribution >= 4 is 17.3 Å². The third-order valence-electron chi connectivity index (χ3n) is 2.96. The van der Waals surface area contributed by atoms with E-state index < -0.39 is 0 Å². The lowest BCUT2D eigenvalue weighted by Crippen LogP contribution is -2.20. The zero-order chi connectivity index (χ0) is 13.0. The molecule has 0 aromatic heterocycles. The first-order valence-electron chi connectivity index (χ1n) is 6.18. The fourth-order valence-electron chi connectivity index (χ4n) is 1.70. The fourth-order valence-corrected chi connectivity index (χ4v) is 2.05. The van der Waals surface area contributed by atoms with Crippen LogP contribution in [0, 0.1) is 5.92 Å². The van der Waals surface area contributed by atoms with Crippen LogP contribution in [0.1, 0.15) is 38.8 Å². The van der Waals surface area contributed by atoms with Gasteiger partial charge in [-0.25, -0.2) is 0 Å². The molecule has 1 atom stereocenters. The third-order valence-corrected chi connectivity index (χ3v) is 3.28. The van der Waals surface area contributed by atoms with Crippen LogP contribution in [-0.4, -0.2) is 13.6 Å². The van der Waals surface area contributed by atoms with Gasteiger partial charge in [0.05, 0.1) is 0 Å². The smallest absolute Gasteiger partial charge is 0.0474 e. The van der Waals surface area contributed by atoms with E-state index >= 15 is 0 Å². The summed E-state index contributed by atoms with van der Waals surface area (Å²) in [5.41, 5.74) is 8.00. The number of halogens is 1. The van der Waals surface area contributed by atoms with Crippen LogP contribution in [0.5, 0.6) is 0 Å². The van der Waals surface area contributed by atoms with Crippen LogP contribution in [0.2, 0.25) is 5.02 Å². The van der Waals surface area contributed by atoms with Gasteiger partial charge in [0, 0.05) is 30.3 Å². The zero-order valence-corrected chi connectivity index (χ0v) is 12.0. The molecule has 0 bridgehead atoms. The van der Waals surface area contributed by atoms with Crippen LogP contribution in [0.3, 0.4) is 0 Å². The number of hydrogen-bond acceptors (Lipinski definition) is 2. The second kappa shape index (κ2) is 6.27. The lowest BCUT2D eigenvalue weighted by atomic mass is 10.1. The number of anilines is 1. The molecule has 1 aromatic carbocycles. The van der Waals surface area contributed by atoms with E-state index in [4.69, 9.17) is 17.3 Å². The van der Waals surface area contributed by atoms with Gasteiger partial charge in [0.25, 0.3) is 0 Å². The van der Waals surface area contributed by atoms with Crippen molar-refractivity contribution in [3.63, 3.8) is 0 Å². The van der Waals surface area contributed by atoms with E-state index in [9.17, 15) is 0 Å². The van der Waals surface area contributed by atoms with Crippen molar-refractivity contribution in [1.29, 1.82) is 0 Å². The van der Waals surface area contributed by atoms with Crippen molar-refractivity contribution in [2.45, 2.75) is 33.2 Å². The molecule has 0 aliphatic carbocycles. The van der Waals surface area contributed by atoms with Crippen molar-refractivity contribution in [2.24, 2.45) is 11.7 Å². The topological polar surface area (TPSA) is 29.3 Å². The van der Waals surface area contributed by atoms with E-state index in [2.05, 4.69) is 31.9 Å². The zero-order valence-electron chi connectivity index (χ0n) is 11.2. The number of rotatable bonds is 5. The first kappa shape index (κ1) is 14.3. The van der Waals surface area contributed by atoms with Gasteiger partial charge < -0.3 is 10.6 Å². The summed E-state index contributed by atoms with van der Waals surface area (Å²) in [4.78, 5) is 2.23. The molecule has 1 rings (SSSR count). The van der Waals surface area contributed by atoms with Crippen molar-refractivity contribution in [3.8, 4) is 0 Å². The molecule has 0 heterocycles. The maximum Gasteiger partial charge on any atom is 0.0474 e. The van der Waals surface area contributed by atoms with Gasteiger partial charge in [0.2, 0.25) is 0 Å². The minimum atomic E-state index is -0.0162. The van der Waals surface area contributed by atoms with E-state index in [-0.39, 0.29) is 6.04 Å². The molecule has 0 spiro atoms. The van der Waals surface area contributed by atoms with Gasteiger partial charge in [-0.3, -0.25) is 0 Å². The first-order chi connectivity index (χ1) is 7.91. The molecule has 1 aromatic rings. The first-order valence-corrected chi connectivity index (χ1v) is 6.55. The molecule has 0 aliphatic rings. The molecule has 0 radical (unpaired) electrons. The normalized spacial score (nSPS) is 12.9. The van der Waals surface area contributed by atoms with E-state index in [1.54, 1.807) is 0 Å². The van der Waals surface area contributed by atoms with Gasteiger partial charge in [-0.15, -0.1) is 0 Å². The Morgan fingerprint density at radius 3 is 2.41 bits per heavy atom. The molecule has 0 amide bonds. The van der Waals surface area contributed by atoms with Gasteiger partial charge >= 0.3 is 0 Å². The quantitative estimate of drug-likeness (QED) is 0.865. The standard InChI is InChI=1S/C14H23ClN2/c1-10(2)7-8-17(4)12-5-6-13(11(3)16)14(15)9-12/h5-6,9-11H,7-8,16H2,1-4H3. The summed E-state index contributed by atoms with van der Waals surface area (Å²) in [5, 5.41) is 0.758. The Bertz CT molecular complexity index is 361. The van der Waals surface area contributed by atoms with Crippen LogP contribution in [-0.2, 0) is 0 Å². The molecule has 2 nitrogen and oxygen atoms in total. The molecule has 1 unspecified atom stereocenters. The minimum absolute atomic E-state index is 0.0162. The highest BCUT2D eigenvalue weighted by molar-refractivity contribution is 6.31. The van der Waals surface area contributed by atoms with Gasteiger partial charge in [-0.2, -0.15) is 0 Å². The maximum absolute atomic E-state index is 6.22. The molecular formula is C14H23ClN2. The number of nitrogens with zero attached hydrogens (tertiary/aromatic N) is 1. The van der Waals surface area contributed by atoms with Gasteiger partial charge in [0.15, 0.2) is 0 Å². The van der Waals surface area contributed by atoms with E-state index in [1.807, 2.05) is 19.1 Å². The van der Waals surface area contributed by atoms with Gasteiger partial charge in [-0.1, -0.05) is 31.5 Å². The summed E-state index contributed by atoms with van der Waals surface area (Å²) >= 11 is 6.22.